The highest BCUT2D eigenvalue weighted by atomic mass is 19.1. The van der Waals surface area contributed by atoms with Crippen molar-refractivity contribution in [2.24, 2.45) is 0 Å². The average Bonchev–Trinajstić information content (AvgIpc) is 2.42. The van der Waals surface area contributed by atoms with Crippen molar-refractivity contribution >= 4 is 17.3 Å². The second-order valence-corrected chi connectivity index (χ2v) is 3.90. The summed E-state index contributed by atoms with van der Waals surface area (Å²) in [4.78, 5) is 16.3. The molecule has 2 aromatic rings. The highest BCUT2D eigenvalue weighted by molar-refractivity contribution is 5.85. The Labute approximate surface area is 110 Å². The third kappa shape index (κ3) is 2.70. The molecule has 0 atom stereocenters. The number of hydrogen-bond acceptors (Lipinski definition) is 3. The molecule has 0 aliphatic rings. The van der Waals surface area contributed by atoms with Crippen molar-refractivity contribution in [3.8, 4) is 0 Å². The number of benzene rings is 1. The lowest BCUT2D eigenvalue weighted by Crippen LogP contribution is -2.17. The van der Waals surface area contributed by atoms with E-state index >= 15 is 0 Å². The van der Waals surface area contributed by atoms with E-state index in [1.165, 1.54) is 18.3 Å². The Balaban J connectivity index is 2.37. The second-order valence-electron chi connectivity index (χ2n) is 3.90. The maximum absolute atomic E-state index is 13.8. The molecule has 1 aromatic heterocycles. The first-order chi connectivity index (χ1) is 9.13. The summed E-state index contributed by atoms with van der Waals surface area (Å²) >= 11 is 0. The number of aromatic nitrogens is 1. The molecule has 4 nitrogen and oxygen atoms in total. The molecule has 0 aliphatic carbocycles. The Morgan fingerprint density at radius 3 is 2.58 bits per heavy atom. The van der Waals surface area contributed by atoms with Crippen LogP contribution >= 0.6 is 0 Å². The summed E-state index contributed by atoms with van der Waals surface area (Å²) in [6.07, 6.45) is 1.43. The van der Waals surface area contributed by atoms with Gasteiger partial charge >= 0.3 is 5.97 Å². The molecule has 1 aromatic carbocycles. The minimum absolute atomic E-state index is 0.0339. The van der Waals surface area contributed by atoms with Crippen LogP contribution < -0.4 is 4.90 Å². The Bertz CT molecular complexity index is 584. The monoisotopic (exact) mass is 260 g/mol. The van der Waals surface area contributed by atoms with Crippen LogP contribution in [0, 0.1) is 5.82 Å². The van der Waals surface area contributed by atoms with Gasteiger partial charge in [0, 0.05) is 6.54 Å². The molecule has 0 amide bonds. The van der Waals surface area contributed by atoms with Gasteiger partial charge in [0.2, 0.25) is 0 Å². The zero-order valence-electron chi connectivity index (χ0n) is 10.4. The molecule has 1 heterocycles. The molecule has 2 rings (SSSR count). The minimum Gasteiger partial charge on any atom is -0.477 e. The van der Waals surface area contributed by atoms with Gasteiger partial charge in [-0.15, -0.1) is 0 Å². The number of hydrogen-bond donors (Lipinski definition) is 1. The maximum atomic E-state index is 13.8. The SMILES string of the molecule is CCN(c1ccc(C(=O)O)nc1)c1ccccc1F. The van der Waals surface area contributed by atoms with E-state index in [1.807, 2.05) is 6.92 Å². The first-order valence-electron chi connectivity index (χ1n) is 5.85. The lowest BCUT2D eigenvalue weighted by atomic mass is 10.2. The standard InChI is InChI=1S/C14H13FN2O2/c1-2-17(13-6-4-3-5-11(13)15)10-7-8-12(14(18)19)16-9-10/h3-9H,2H2,1H3,(H,18,19). The normalized spacial score (nSPS) is 10.2. The van der Waals surface area contributed by atoms with E-state index in [0.29, 0.717) is 17.9 Å². The summed E-state index contributed by atoms with van der Waals surface area (Å²) in [5.74, 6) is -1.41. The summed E-state index contributed by atoms with van der Waals surface area (Å²) in [7, 11) is 0. The van der Waals surface area contributed by atoms with Gasteiger partial charge in [-0.1, -0.05) is 12.1 Å². The van der Waals surface area contributed by atoms with Crippen molar-refractivity contribution < 1.29 is 14.3 Å². The highest BCUT2D eigenvalue weighted by Gasteiger charge is 2.12. The van der Waals surface area contributed by atoms with Gasteiger partial charge in [-0.3, -0.25) is 0 Å². The quantitative estimate of drug-likeness (QED) is 0.917. The van der Waals surface area contributed by atoms with Gasteiger partial charge in [0.05, 0.1) is 17.6 Å². The fraction of sp³-hybridized carbons (Fsp3) is 0.143. The van der Waals surface area contributed by atoms with Crippen molar-refractivity contribution in [1.29, 1.82) is 0 Å². The van der Waals surface area contributed by atoms with E-state index < -0.39 is 5.97 Å². The highest BCUT2D eigenvalue weighted by Crippen LogP contribution is 2.26. The van der Waals surface area contributed by atoms with Gasteiger partial charge in [0.1, 0.15) is 11.5 Å². The third-order valence-electron chi connectivity index (χ3n) is 2.74. The molecular formula is C14H13FN2O2. The fourth-order valence-corrected chi connectivity index (χ4v) is 1.83. The molecule has 0 saturated heterocycles. The van der Waals surface area contributed by atoms with Crippen molar-refractivity contribution in [2.45, 2.75) is 6.92 Å². The Morgan fingerprint density at radius 2 is 2.05 bits per heavy atom. The first-order valence-corrected chi connectivity index (χ1v) is 5.85. The minimum atomic E-state index is -1.08. The lowest BCUT2D eigenvalue weighted by molar-refractivity contribution is 0.0690. The predicted octanol–water partition coefficient (Wildman–Crippen LogP) is 3.08. The number of carboxylic acid groups (broad SMARTS) is 1. The van der Waals surface area contributed by atoms with Gasteiger partial charge in [-0.2, -0.15) is 0 Å². The molecule has 98 valence electrons. The second kappa shape index (κ2) is 5.48. The number of carboxylic acids is 1. The van der Waals surface area contributed by atoms with E-state index in [0.717, 1.165) is 0 Å². The Morgan fingerprint density at radius 1 is 1.32 bits per heavy atom. The molecule has 1 N–H and O–H groups in total. The molecule has 0 fully saturated rings. The fourth-order valence-electron chi connectivity index (χ4n) is 1.83. The molecule has 19 heavy (non-hydrogen) atoms. The van der Waals surface area contributed by atoms with Crippen LogP contribution in [0.3, 0.4) is 0 Å². The number of para-hydroxylation sites is 1. The topological polar surface area (TPSA) is 53.4 Å². The van der Waals surface area contributed by atoms with E-state index in [-0.39, 0.29) is 11.5 Å². The van der Waals surface area contributed by atoms with Crippen LogP contribution in [-0.2, 0) is 0 Å². The predicted molar refractivity (Wildman–Crippen MR) is 70.3 cm³/mol. The zero-order chi connectivity index (χ0) is 13.8. The third-order valence-corrected chi connectivity index (χ3v) is 2.74. The van der Waals surface area contributed by atoms with Gasteiger partial charge in [0.15, 0.2) is 0 Å². The Hall–Kier alpha value is -2.43. The molecule has 0 saturated carbocycles. The molecule has 0 aliphatic heterocycles. The number of carbonyl (C=O) groups is 1. The van der Waals surface area contributed by atoms with Crippen molar-refractivity contribution in [3.05, 3.63) is 54.1 Å². The smallest absolute Gasteiger partial charge is 0.354 e. The lowest BCUT2D eigenvalue weighted by Gasteiger charge is -2.23. The van der Waals surface area contributed by atoms with Crippen molar-refractivity contribution in [3.63, 3.8) is 0 Å². The summed E-state index contributed by atoms with van der Waals surface area (Å²) in [5.41, 5.74) is 1.06. The average molecular weight is 260 g/mol. The summed E-state index contributed by atoms with van der Waals surface area (Å²) < 4.78 is 13.8. The summed E-state index contributed by atoms with van der Waals surface area (Å²) in [6.45, 7) is 2.44. The van der Waals surface area contributed by atoms with Gasteiger partial charge < -0.3 is 10.0 Å². The number of rotatable bonds is 4. The molecule has 0 spiro atoms. The summed E-state index contributed by atoms with van der Waals surface area (Å²) in [5, 5.41) is 8.80. The zero-order valence-corrected chi connectivity index (χ0v) is 10.4. The van der Waals surface area contributed by atoms with Crippen molar-refractivity contribution in [1.82, 2.24) is 4.98 Å². The maximum Gasteiger partial charge on any atom is 0.354 e. The number of nitrogens with zero attached hydrogens (tertiary/aromatic N) is 2. The number of aromatic carboxylic acids is 1. The van der Waals surface area contributed by atoms with Crippen LogP contribution in [0.15, 0.2) is 42.6 Å². The summed E-state index contributed by atoms with van der Waals surface area (Å²) in [6, 6.07) is 9.45. The van der Waals surface area contributed by atoms with Gasteiger partial charge in [0.25, 0.3) is 0 Å². The van der Waals surface area contributed by atoms with Crippen LogP contribution in [0.4, 0.5) is 15.8 Å². The molecular weight excluding hydrogens is 247 g/mol. The molecule has 0 unspecified atom stereocenters. The molecule has 0 radical (unpaired) electrons. The van der Waals surface area contributed by atoms with E-state index in [2.05, 4.69) is 4.98 Å². The van der Waals surface area contributed by atoms with Gasteiger partial charge in [-0.05, 0) is 31.2 Å². The number of anilines is 2. The van der Waals surface area contributed by atoms with Gasteiger partial charge in [-0.25, -0.2) is 14.2 Å². The Kier molecular flexibility index (Phi) is 3.75. The van der Waals surface area contributed by atoms with Crippen LogP contribution in [0.5, 0.6) is 0 Å². The van der Waals surface area contributed by atoms with E-state index in [9.17, 15) is 9.18 Å². The largest absolute Gasteiger partial charge is 0.477 e. The number of pyridine rings is 1. The van der Waals surface area contributed by atoms with Crippen LogP contribution in [0.25, 0.3) is 0 Å². The van der Waals surface area contributed by atoms with Crippen molar-refractivity contribution in [2.75, 3.05) is 11.4 Å². The van der Waals surface area contributed by atoms with E-state index in [4.69, 9.17) is 5.11 Å². The first kappa shape index (κ1) is 13.0. The van der Waals surface area contributed by atoms with E-state index in [1.54, 1.807) is 29.2 Å². The van der Waals surface area contributed by atoms with Crippen LogP contribution in [-0.4, -0.2) is 22.6 Å². The van der Waals surface area contributed by atoms with Crippen LogP contribution in [0.1, 0.15) is 17.4 Å². The molecule has 5 heteroatoms. The number of halogens is 1. The van der Waals surface area contributed by atoms with Crippen LogP contribution in [0.2, 0.25) is 0 Å². The molecule has 0 bridgehead atoms.